The molecule has 0 spiro atoms. The molecule has 2 aromatic rings. The fraction of sp³-hybridized carbons (Fsp3) is 0.423. The molecule has 2 fully saturated rings. The summed E-state index contributed by atoms with van der Waals surface area (Å²) in [5.74, 6) is 1.16. The third-order valence-electron chi connectivity index (χ3n) is 7.14. The Kier molecular flexibility index (Phi) is 6.98. The van der Waals surface area contributed by atoms with Crippen LogP contribution >= 0.6 is 23.5 Å². The largest absolute Gasteiger partial charge is 0.480 e. The summed E-state index contributed by atoms with van der Waals surface area (Å²) in [6.45, 7) is 0.211. The fourth-order valence-electron chi connectivity index (χ4n) is 5.24. The molecule has 7 nitrogen and oxygen atoms in total. The number of hydrogen-bond donors (Lipinski definition) is 2. The Morgan fingerprint density at radius 3 is 2.26 bits per heavy atom. The highest BCUT2D eigenvalue weighted by Crippen LogP contribution is 2.44. The fourth-order valence-corrected chi connectivity index (χ4v) is 7.69. The summed E-state index contributed by atoms with van der Waals surface area (Å²) >= 11 is 3.23. The van der Waals surface area contributed by atoms with Crippen molar-refractivity contribution in [2.24, 2.45) is 0 Å². The van der Waals surface area contributed by atoms with Gasteiger partial charge in [0.05, 0.1) is 17.8 Å². The molecule has 1 unspecified atom stereocenters. The molecule has 9 heteroatoms. The van der Waals surface area contributed by atoms with E-state index in [9.17, 15) is 19.5 Å². The molecule has 2 aromatic carbocycles. The number of fused-ring (bicyclic) bond motifs is 3. The molecule has 3 aliphatic rings. The Balaban J connectivity index is 1.27. The number of thioether (sulfide) groups is 2. The van der Waals surface area contributed by atoms with E-state index in [2.05, 4.69) is 29.6 Å². The van der Waals surface area contributed by atoms with Gasteiger partial charge in [0.25, 0.3) is 0 Å². The summed E-state index contributed by atoms with van der Waals surface area (Å²) in [6, 6.07) is 15.6. The number of aliphatic carboxylic acids is 1. The molecule has 2 saturated heterocycles. The van der Waals surface area contributed by atoms with Gasteiger partial charge in [0, 0.05) is 11.7 Å². The van der Waals surface area contributed by atoms with E-state index in [0.717, 1.165) is 22.6 Å². The van der Waals surface area contributed by atoms with E-state index in [1.54, 1.807) is 11.8 Å². The molecule has 5 rings (SSSR count). The van der Waals surface area contributed by atoms with Crippen LogP contribution < -0.4 is 5.32 Å². The first kappa shape index (κ1) is 24.1. The number of carbonyl (C=O) groups excluding carboxylic acids is 2. The number of benzene rings is 2. The van der Waals surface area contributed by atoms with Gasteiger partial charge in [0.1, 0.15) is 12.6 Å². The molecule has 35 heavy (non-hydrogen) atoms. The van der Waals surface area contributed by atoms with Crippen LogP contribution in [0.5, 0.6) is 0 Å². The minimum atomic E-state index is -0.985. The Morgan fingerprint density at radius 2 is 1.63 bits per heavy atom. The predicted molar refractivity (Wildman–Crippen MR) is 138 cm³/mol. The second kappa shape index (κ2) is 10.1. The highest BCUT2D eigenvalue weighted by Gasteiger charge is 2.42. The number of nitrogens with one attached hydrogen (secondary N) is 1. The molecule has 1 atom stereocenters. The Hall–Kier alpha value is -2.65. The lowest BCUT2D eigenvalue weighted by Gasteiger charge is -2.38. The number of alkyl carbamates (subject to hydrolysis) is 1. The van der Waals surface area contributed by atoms with Gasteiger partial charge in [-0.2, -0.15) is 11.8 Å². The number of carboxylic acid groups (broad SMARTS) is 1. The molecule has 0 aromatic heterocycles. The average Bonchev–Trinajstić information content (AvgIpc) is 3.47. The van der Waals surface area contributed by atoms with Crippen molar-refractivity contribution in [3.63, 3.8) is 0 Å². The number of nitrogens with zero attached hydrogens (tertiary/aromatic N) is 1. The predicted octanol–water partition coefficient (Wildman–Crippen LogP) is 4.17. The van der Waals surface area contributed by atoms with Gasteiger partial charge < -0.3 is 20.1 Å². The zero-order valence-corrected chi connectivity index (χ0v) is 20.9. The van der Waals surface area contributed by atoms with Crippen molar-refractivity contribution in [2.45, 2.75) is 36.8 Å². The highest BCUT2D eigenvalue weighted by atomic mass is 32.2. The van der Waals surface area contributed by atoms with Gasteiger partial charge in [0.2, 0.25) is 5.91 Å². The molecule has 0 radical (unpaired) electrons. The minimum Gasteiger partial charge on any atom is -0.480 e. The van der Waals surface area contributed by atoms with Crippen LogP contribution in [0.2, 0.25) is 0 Å². The van der Waals surface area contributed by atoms with Crippen LogP contribution in [0.15, 0.2) is 48.5 Å². The van der Waals surface area contributed by atoms with E-state index >= 15 is 0 Å². The van der Waals surface area contributed by atoms with Crippen molar-refractivity contribution < 1.29 is 24.2 Å². The minimum absolute atomic E-state index is 0.0365. The second-order valence-electron chi connectivity index (χ2n) is 9.24. The van der Waals surface area contributed by atoms with E-state index in [1.807, 2.05) is 24.3 Å². The summed E-state index contributed by atoms with van der Waals surface area (Å²) in [6.07, 6.45) is 0.845. The van der Waals surface area contributed by atoms with Crippen molar-refractivity contribution >= 4 is 41.5 Å². The van der Waals surface area contributed by atoms with Crippen LogP contribution in [0.3, 0.4) is 0 Å². The maximum absolute atomic E-state index is 13.1. The Labute approximate surface area is 213 Å². The number of rotatable bonds is 6. The standard InChI is InChI=1S/C26H28N2O5S2/c29-23(28-16-35-15-22(28)24(30)31)13-26(9-11-34-12-10-26)27-25(32)33-14-21-19-7-3-1-5-17(19)18-6-2-4-8-20(18)21/h1-8,21-22H,9-16H2,(H,27,32)(H,30,31). The van der Waals surface area contributed by atoms with Crippen LogP contribution in [-0.2, 0) is 14.3 Å². The third kappa shape index (κ3) is 4.89. The number of carbonyl (C=O) groups is 3. The first-order valence-electron chi connectivity index (χ1n) is 11.8. The van der Waals surface area contributed by atoms with Crippen molar-refractivity contribution in [3.8, 4) is 11.1 Å². The monoisotopic (exact) mass is 512 g/mol. The van der Waals surface area contributed by atoms with Crippen molar-refractivity contribution in [2.75, 3.05) is 29.7 Å². The third-order valence-corrected chi connectivity index (χ3v) is 9.14. The molecule has 1 aliphatic carbocycles. The second-order valence-corrected chi connectivity index (χ2v) is 11.5. The van der Waals surface area contributed by atoms with Gasteiger partial charge in [-0.05, 0) is 46.6 Å². The van der Waals surface area contributed by atoms with E-state index in [0.29, 0.717) is 24.5 Å². The lowest BCUT2D eigenvalue weighted by Crippen LogP contribution is -2.55. The maximum Gasteiger partial charge on any atom is 0.407 e. The average molecular weight is 513 g/mol. The normalized spacial score (nSPS) is 20.7. The van der Waals surface area contributed by atoms with Gasteiger partial charge in [-0.3, -0.25) is 4.79 Å². The molecule has 2 heterocycles. The summed E-state index contributed by atoms with van der Waals surface area (Å²) in [5, 5.41) is 12.5. The molecule has 0 bridgehead atoms. The summed E-state index contributed by atoms with van der Waals surface area (Å²) in [5.41, 5.74) is 3.90. The topological polar surface area (TPSA) is 95.9 Å². The van der Waals surface area contributed by atoms with E-state index < -0.39 is 23.6 Å². The van der Waals surface area contributed by atoms with Crippen LogP contribution in [-0.4, -0.2) is 69.3 Å². The number of amides is 2. The van der Waals surface area contributed by atoms with Crippen LogP contribution in [0.25, 0.3) is 11.1 Å². The van der Waals surface area contributed by atoms with Gasteiger partial charge >= 0.3 is 12.1 Å². The van der Waals surface area contributed by atoms with E-state index in [-0.39, 0.29) is 24.9 Å². The highest BCUT2D eigenvalue weighted by molar-refractivity contribution is 7.99. The zero-order valence-electron chi connectivity index (χ0n) is 19.3. The molecule has 2 N–H and O–H groups in total. The molecule has 0 saturated carbocycles. The van der Waals surface area contributed by atoms with E-state index in [4.69, 9.17) is 4.74 Å². The zero-order chi connectivity index (χ0) is 24.4. The molecular formula is C26H28N2O5S2. The van der Waals surface area contributed by atoms with Crippen LogP contribution in [0.4, 0.5) is 4.79 Å². The van der Waals surface area contributed by atoms with Crippen LogP contribution in [0, 0.1) is 0 Å². The summed E-state index contributed by atoms with van der Waals surface area (Å²) in [7, 11) is 0. The van der Waals surface area contributed by atoms with Crippen molar-refractivity contribution in [1.29, 1.82) is 0 Å². The maximum atomic E-state index is 13.1. The number of ether oxygens (including phenoxy) is 1. The summed E-state index contributed by atoms with van der Waals surface area (Å²) in [4.78, 5) is 39.1. The van der Waals surface area contributed by atoms with Gasteiger partial charge in [-0.1, -0.05) is 48.5 Å². The number of carboxylic acids is 1. The lowest BCUT2D eigenvalue weighted by atomic mass is 9.87. The molecule has 2 aliphatic heterocycles. The lowest BCUT2D eigenvalue weighted by molar-refractivity contribution is -0.148. The van der Waals surface area contributed by atoms with E-state index in [1.165, 1.54) is 27.8 Å². The quantitative estimate of drug-likeness (QED) is 0.600. The first-order valence-corrected chi connectivity index (χ1v) is 14.1. The first-order chi connectivity index (χ1) is 17.0. The van der Waals surface area contributed by atoms with Gasteiger partial charge in [-0.15, -0.1) is 11.8 Å². The Morgan fingerprint density at radius 1 is 1.00 bits per heavy atom. The Bertz CT molecular complexity index is 1090. The van der Waals surface area contributed by atoms with Gasteiger partial charge in [0.15, 0.2) is 0 Å². The molecular weight excluding hydrogens is 484 g/mol. The van der Waals surface area contributed by atoms with Gasteiger partial charge in [-0.25, -0.2) is 9.59 Å². The SMILES string of the molecule is O=C(NC1(CC(=O)N2CSCC2C(=O)O)CCSCC1)OCC1c2ccccc2-c2ccccc21. The summed E-state index contributed by atoms with van der Waals surface area (Å²) < 4.78 is 5.75. The smallest absolute Gasteiger partial charge is 0.407 e. The number of hydrogen-bond acceptors (Lipinski definition) is 6. The van der Waals surface area contributed by atoms with Crippen molar-refractivity contribution in [3.05, 3.63) is 59.7 Å². The van der Waals surface area contributed by atoms with Crippen molar-refractivity contribution in [1.82, 2.24) is 10.2 Å². The van der Waals surface area contributed by atoms with Crippen LogP contribution in [0.1, 0.15) is 36.3 Å². The molecule has 184 valence electrons. The molecule has 2 amide bonds.